The van der Waals surface area contributed by atoms with Crippen molar-refractivity contribution < 1.29 is 29.2 Å². The lowest BCUT2D eigenvalue weighted by molar-refractivity contribution is 0.101. The number of phenols is 1. The van der Waals surface area contributed by atoms with Gasteiger partial charge >= 0.3 is 0 Å². The van der Waals surface area contributed by atoms with Crippen molar-refractivity contribution in [3.63, 3.8) is 0 Å². The average molecular weight is 362 g/mol. The van der Waals surface area contributed by atoms with E-state index in [1.165, 1.54) is 20.3 Å². The highest BCUT2D eigenvalue weighted by atomic mass is 19.1. The van der Waals surface area contributed by atoms with Gasteiger partial charge in [0.2, 0.25) is 0 Å². The number of halogens is 1. The van der Waals surface area contributed by atoms with Gasteiger partial charge in [-0.2, -0.15) is 0 Å². The number of hydrogen-bond acceptors (Lipinski definition) is 5. The van der Waals surface area contributed by atoms with Crippen molar-refractivity contribution in [3.05, 3.63) is 52.8 Å². The summed E-state index contributed by atoms with van der Waals surface area (Å²) < 4.78 is 24.2. The first kappa shape index (κ1) is 18.5. The number of hydrogen-bond donors (Lipinski definition) is 3. The lowest BCUT2D eigenvalue weighted by atomic mass is 9.67. The number of aromatic hydroxyl groups is 1. The van der Waals surface area contributed by atoms with Crippen LogP contribution in [0.15, 0.2) is 30.3 Å². The minimum atomic E-state index is -0.463. The summed E-state index contributed by atoms with van der Waals surface area (Å²) in [6, 6.07) is 8.00. The average Bonchev–Trinajstić information content (AvgIpc) is 2.66. The highest BCUT2D eigenvalue weighted by Gasteiger charge is 2.38. The molecule has 2 aromatic rings. The molecule has 3 rings (SSSR count). The van der Waals surface area contributed by atoms with Crippen molar-refractivity contribution in [2.75, 3.05) is 27.4 Å². The second-order valence-corrected chi connectivity index (χ2v) is 6.59. The molecule has 0 aromatic heterocycles. The summed E-state index contributed by atoms with van der Waals surface area (Å²) in [4.78, 5) is 0. The van der Waals surface area contributed by atoms with E-state index >= 15 is 0 Å². The van der Waals surface area contributed by atoms with Crippen molar-refractivity contribution in [2.24, 2.45) is 11.8 Å². The first-order valence-corrected chi connectivity index (χ1v) is 8.48. The molecule has 0 saturated heterocycles. The van der Waals surface area contributed by atoms with E-state index in [0.29, 0.717) is 12.2 Å². The minimum absolute atomic E-state index is 0.0285. The van der Waals surface area contributed by atoms with Gasteiger partial charge in [0.05, 0.1) is 14.2 Å². The third kappa shape index (κ3) is 3.10. The molecule has 0 fully saturated rings. The molecule has 0 aliphatic heterocycles. The van der Waals surface area contributed by atoms with Crippen LogP contribution < -0.4 is 9.47 Å². The summed E-state index contributed by atoms with van der Waals surface area (Å²) >= 11 is 0. The minimum Gasteiger partial charge on any atom is -0.504 e. The Hall–Kier alpha value is -2.31. The Labute approximate surface area is 151 Å². The van der Waals surface area contributed by atoms with Gasteiger partial charge in [-0.3, -0.25) is 0 Å². The first-order chi connectivity index (χ1) is 12.5. The van der Waals surface area contributed by atoms with Gasteiger partial charge in [0, 0.05) is 19.1 Å². The molecule has 1 aliphatic carbocycles. The molecule has 1 aliphatic rings. The van der Waals surface area contributed by atoms with Gasteiger partial charge in [-0.25, -0.2) is 4.39 Å². The fraction of sp³-hybridized carbons (Fsp3) is 0.400. The van der Waals surface area contributed by atoms with Gasteiger partial charge in [-0.15, -0.1) is 0 Å². The molecule has 3 N–H and O–H groups in total. The molecule has 26 heavy (non-hydrogen) atoms. The van der Waals surface area contributed by atoms with Crippen LogP contribution in [0.2, 0.25) is 0 Å². The van der Waals surface area contributed by atoms with Crippen LogP contribution in [-0.4, -0.2) is 42.8 Å². The number of aliphatic hydroxyl groups is 2. The smallest absolute Gasteiger partial charge is 0.165 e. The number of phenolic OH excluding ortho intramolecular Hbond substituents is 1. The van der Waals surface area contributed by atoms with Crippen LogP contribution >= 0.6 is 0 Å². The van der Waals surface area contributed by atoms with Crippen LogP contribution in [0.3, 0.4) is 0 Å². The Bertz CT molecular complexity index is 792. The van der Waals surface area contributed by atoms with Crippen LogP contribution in [0.25, 0.3) is 0 Å². The fourth-order valence-electron chi connectivity index (χ4n) is 3.94. The quantitative estimate of drug-likeness (QED) is 0.761. The van der Waals surface area contributed by atoms with Gasteiger partial charge in [-0.05, 0) is 59.2 Å². The Morgan fingerprint density at radius 2 is 1.77 bits per heavy atom. The zero-order valence-electron chi connectivity index (χ0n) is 14.8. The second kappa shape index (κ2) is 7.51. The van der Waals surface area contributed by atoms with Crippen molar-refractivity contribution in [2.45, 2.75) is 12.3 Å². The largest absolute Gasteiger partial charge is 0.504 e. The number of methoxy groups -OCH3 is 2. The molecule has 0 saturated carbocycles. The summed E-state index contributed by atoms with van der Waals surface area (Å²) in [6.45, 7) is -0.218. The van der Waals surface area contributed by atoms with Gasteiger partial charge in [0.1, 0.15) is 0 Å². The molecule has 0 radical (unpaired) electrons. The lowest BCUT2D eigenvalue weighted by Gasteiger charge is -2.38. The molecule has 0 amide bonds. The number of rotatable bonds is 5. The third-order valence-electron chi connectivity index (χ3n) is 5.27. The molecule has 5 nitrogen and oxygen atoms in total. The van der Waals surface area contributed by atoms with Crippen molar-refractivity contribution in [3.8, 4) is 17.2 Å². The molecule has 0 bridgehead atoms. The third-order valence-corrected chi connectivity index (χ3v) is 5.27. The molecule has 140 valence electrons. The maximum absolute atomic E-state index is 13.9. The van der Waals surface area contributed by atoms with Gasteiger partial charge in [0.15, 0.2) is 23.1 Å². The zero-order valence-corrected chi connectivity index (χ0v) is 14.8. The first-order valence-electron chi connectivity index (χ1n) is 8.48. The van der Waals surface area contributed by atoms with Crippen molar-refractivity contribution >= 4 is 0 Å². The Morgan fingerprint density at radius 1 is 1.04 bits per heavy atom. The molecule has 0 heterocycles. The summed E-state index contributed by atoms with van der Waals surface area (Å²) in [6.07, 6.45) is 0.531. The zero-order chi connectivity index (χ0) is 18.8. The summed E-state index contributed by atoms with van der Waals surface area (Å²) in [5.74, 6) is -0.696. The van der Waals surface area contributed by atoms with Crippen LogP contribution in [0.5, 0.6) is 17.2 Å². The Balaban J connectivity index is 2.20. The number of fused-ring (bicyclic) bond motifs is 1. The molecule has 0 unspecified atom stereocenters. The molecular formula is C20H23FO5. The highest BCUT2D eigenvalue weighted by Crippen LogP contribution is 2.47. The fourth-order valence-corrected chi connectivity index (χ4v) is 3.94. The van der Waals surface area contributed by atoms with E-state index in [0.717, 1.165) is 16.7 Å². The van der Waals surface area contributed by atoms with E-state index in [9.17, 15) is 19.7 Å². The maximum atomic E-state index is 13.9. The lowest BCUT2D eigenvalue weighted by Crippen LogP contribution is -2.35. The highest BCUT2D eigenvalue weighted by molar-refractivity contribution is 5.52. The Morgan fingerprint density at radius 3 is 2.38 bits per heavy atom. The number of benzene rings is 2. The predicted octanol–water partition coefficient (Wildman–Crippen LogP) is 2.45. The van der Waals surface area contributed by atoms with Crippen LogP contribution in [0.4, 0.5) is 4.39 Å². The summed E-state index contributed by atoms with van der Waals surface area (Å²) in [5, 5.41) is 29.9. The van der Waals surface area contributed by atoms with E-state index in [4.69, 9.17) is 9.47 Å². The van der Waals surface area contributed by atoms with E-state index in [1.807, 2.05) is 0 Å². The van der Waals surface area contributed by atoms with E-state index in [-0.39, 0.29) is 42.5 Å². The monoisotopic (exact) mass is 362 g/mol. The standard InChI is InChI=1S/C20H23FO5/c1-25-18-7-11(3-4-16(18)21)20-14-8-19(26-2)17(24)6-12(14)5-13(9-22)15(20)10-23/h3-4,6-8,13,15,20,22-24H,5,9-10H2,1-2H3/t13-,15-,20-/m1/s1. The van der Waals surface area contributed by atoms with Crippen molar-refractivity contribution in [1.29, 1.82) is 0 Å². The molecule has 2 aromatic carbocycles. The maximum Gasteiger partial charge on any atom is 0.165 e. The number of aliphatic hydroxyl groups excluding tert-OH is 2. The Kier molecular flexibility index (Phi) is 5.34. The molecule has 0 spiro atoms. The number of ether oxygens (including phenoxy) is 2. The van der Waals surface area contributed by atoms with Crippen LogP contribution in [-0.2, 0) is 6.42 Å². The molecule has 3 atom stereocenters. The summed E-state index contributed by atoms with van der Waals surface area (Å²) in [7, 11) is 2.87. The molecule has 6 heteroatoms. The van der Waals surface area contributed by atoms with Crippen LogP contribution in [0.1, 0.15) is 22.6 Å². The van der Waals surface area contributed by atoms with E-state index in [1.54, 1.807) is 24.3 Å². The van der Waals surface area contributed by atoms with Crippen LogP contribution in [0, 0.1) is 17.7 Å². The van der Waals surface area contributed by atoms with Gasteiger partial charge in [-0.1, -0.05) is 6.07 Å². The van der Waals surface area contributed by atoms with Gasteiger partial charge in [0.25, 0.3) is 0 Å². The van der Waals surface area contributed by atoms with E-state index in [2.05, 4.69) is 0 Å². The van der Waals surface area contributed by atoms with E-state index < -0.39 is 5.82 Å². The summed E-state index contributed by atoms with van der Waals surface area (Å²) in [5.41, 5.74) is 2.53. The van der Waals surface area contributed by atoms with Gasteiger partial charge < -0.3 is 24.8 Å². The van der Waals surface area contributed by atoms with Crippen molar-refractivity contribution in [1.82, 2.24) is 0 Å². The molecular weight excluding hydrogens is 339 g/mol. The normalized spacial score (nSPS) is 22.0. The SMILES string of the molecule is COc1cc2c(cc1O)C[C@H](CO)[C@@H](CO)[C@@H]2c1ccc(F)c(OC)c1. The topological polar surface area (TPSA) is 79.2 Å². The predicted molar refractivity (Wildman–Crippen MR) is 94.3 cm³/mol. The second-order valence-electron chi connectivity index (χ2n) is 6.59.